The quantitative estimate of drug-likeness (QED) is 0.431. The molecule has 5 atom stereocenters. The third-order valence-corrected chi connectivity index (χ3v) is 3.27. The van der Waals surface area contributed by atoms with E-state index in [9.17, 15) is 0 Å². The van der Waals surface area contributed by atoms with Crippen molar-refractivity contribution in [2.45, 2.75) is 19.2 Å². The Morgan fingerprint density at radius 3 is 2.89 bits per heavy atom. The molecule has 0 aromatic heterocycles. The Morgan fingerprint density at radius 2 is 2.11 bits per heavy atom. The molecule has 3 aliphatic rings. The summed E-state index contributed by atoms with van der Waals surface area (Å²) in [6, 6.07) is 0. The summed E-state index contributed by atoms with van der Waals surface area (Å²) in [7, 11) is 0. The van der Waals surface area contributed by atoms with E-state index >= 15 is 0 Å². The fourth-order valence-electron chi connectivity index (χ4n) is 2.90. The maximum Gasteiger partial charge on any atom is 0.0275 e. The Balaban J connectivity index is 2.06. The van der Waals surface area contributed by atoms with Crippen LogP contribution in [0.15, 0.2) is 12.2 Å². The zero-order chi connectivity index (χ0) is 6.72. The smallest absolute Gasteiger partial charge is 0.0275 e. The highest BCUT2D eigenvalue weighted by Gasteiger charge is 2.46. The third kappa shape index (κ3) is 0.417. The van der Waals surface area contributed by atoms with E-state index in [0.717, 1.165) is 17.8 Å². The van der Waals surface area contributed by atoms with E-state index in [1.165, 1.54) is 12.8 Å². The Kier molecular flexibility index (Phi) is 0.530. The third-order valence-electron chi connectivity index (χ3n) is 3.27. The predicted molar refractivity (Wildman–Crippen MR) is 37.0 cm³/mol. The Morgan fingerprint density at radius 1 is 1.22 bits per heavy atom. The highest BCUT2D eigenvalue weighted by molar-refractivity contribution is 5.15. The topological polar surface area (TPSA) is 0 Å². The van der Waals surface area contributed by atoms with Crippen LogP contribution < -0.4 is 0 Å². The standard InChI is InChI=1S/C9H12/c1-2-8-4-6-3-7(1)9(8)5-6/h1-2,6-9H,3-5H2/t6-,7-,8+,9+/i3D/t3-,6+,7+,8-,9-/m0/s1. The van der Waals surface area contributed by atoms with Crippen molar-refractivity contribution in [2.24, 2.45) is 23.7 Å². The zero-order valence-corrected chi connectivity index (χ0v) is 5.46. The zero-order valence-electron chi connectivity index (χ0n) is 6.46. The number of rotatable bonds is 0. The van der Waals surface area contributed by atoms with Crippen molar-refractivity contribution in [1.29, 1.82) is 0 Å². The molecule has 48 valence electrons. The molecule has 0 aromatic carbocycles. The van der Waals surface area contributed by atoms with Crippen LogP contribution in [-0.2, 0) is 0 Å². The van der Waals surface area contributed by atoms with Crippen LogP contribution in [-0.4, -0.2) is 0 Å². The van der Waals surface area contributed by atoms with Gasteiger partial charge >= 0.3 is 0 Å². The maximum absolute atomic E-state index is 7.85. The SMILES string of the molecule is [2H][C@H]1[C@H]2C[C@H]3[C@@H]1C=C[C@H]3C2. The number of fused-ring (bicyclic) bond motifs is 1. The molecule has 9 heavy (non-hydrogen) atoms. The first kappa shape index (κ1) is 3.80. The lowest BCUT2D eigenvalue weighted by atomic mass is 9.88. The van der Waals surface area contributed by atoms with Crippen molar-refractivity contribution in [2.75, 3.05) is 0 Å². The van der Waals surface area contributed by atoms with Gasteiger partial charge in [0.25, 0.3) is 0 Å². The Labute approximate surface area is 57.4 Å². The monoisotopic (exact) mass is 121 g/mol. The second-order valence-electron chi connectivity index (χ2n) is 3.71. The van der Waals surface area contributed by atoms with E-state index in [2.05, 4.69) is 12.2 Å². The highest BCUT2D eigenvalue weighted by atomic mass is 14.5. The van der Waals surface area contributed by atoms with Crippen molar-refractivity contribution >= 4 is 0 Å². The van der Waals surface area contributed by atoms with Crippen LogP contribution in [0.3, 0.4) is 0 Å². The molecule has 0 N–H and O–H groups in total. The lowest BCUT2D eigenvalue weighted by Crippen LogP contribution is -2.09. The molecule has 0 spiro atoms. The molecule has 0 radical (unpaired) electrons. The van der Waals surface area contributed by atoms with Crippen molar-refractivity contribution in [3.63, 3.8) is 0 Å². The minimum absolute atomic E-state index is 0.264. The fraction of sp³-hybridized carbons (Fsp3) is 0.778. The number of hydrogen-bond donors (Lipinski definition) is 0. The molecule has 0 nitrogen and oxygen atoms in total. The lowest BCUT2D eigenvalue weighted by Gasteiger charge is -2.17. The van der Waals surface area contributed by atoms with Gasteiger partial charge in [0, 0.05) is 1.37 Å². The molecule has 2 saturated carbocycles. The average Bonchev–Trinajstić information content (AvgIpc) is 2.43. The summed E-state index contributed by atoms with van der Waals surface area (Å²) >= 11 is 0. The second kappa shape index (κ2) is 1.25. The first-order chi connectivity index (χ1) is 4.86. The first-order valence-corrected chi connectivity index (χ1v) is 3.97. The lowest BCUT2D eigenvalue weighted by molar-refractivity contribution is 0.356. The van der Waals surface area contributed by atoms with Crippen LogP contribution in [0.1, 0.15) is 20.6 Å². The van der Waals surface area contributed by atoms with E-state index in [0.29, 0.717) is 5.92 Å². The number of allylic oxidation sites excluding steroid dienone is 2. The summed E-state index contributed by atoms with van der Waals surface area (Å²) in [6.45, 7) is 0. The van der Waals surface area contributed by atoms with Crippen LogP contribution in [0.25, 0.3) is 0 Å². The molecule has 0 unspecified atom stereocenters. The predicted octanol–water partition coefficient (Wildman–Crippen LogP) is 2.22. The highest BCUT2D eigenvalue weighted by Crippen LogP contribution is 2.56. The molecule has 0 aliphatic heterocycles. The van der Waals surface area contributed by atoms with Crippen LogP contribution in [0.5, 0.6) is 0 Å². The average molecular weight is 121 g/mol. The van der Waals surface area contributed by atoms with Crippen molar-refractivity contribution in [3.8, 4) is 0 Å². The van der Waals surface area contributed by atoms with Gasteiger partial charge in [-0.3, -0.25) is 0 Å². The minimum atomic E-state index is 0.264. The van der Waals surface area contributed by atoms with Crippen LogP contribution in [0.2, 0.25) is 0 Å². The van der Waals surface area contributed by atoms with Gasteiger partial charge in [0.05, 0.1) is 0 Å². The summed E-state index contributed by atoms with van der Waals surface area (Å²) in [5, 5.41) is 0. The van der Waals surface area contributed by atoms with Gasteiger partial charge in [-0.1, -0.05) is 12.2 Å². The van der Waals surface area contributed by atoms with Crippen LogP contribution in [0.4, 0.5) is 0 Å². The van der Waals surface area contributed by atoms with Gasteiger partial charge in [-0.15, -0.1) is 0 Å². The minimum Gasteiger partial charge on any atom is -0.0848 e. The van der Waals surface area contributed by atoms with E-state index in [1.54, 1.807) is 0 Å². The Bertz CT molecular complexity index is 197. The van der Waals surface area contributed by atoms with E-state index in [-0.39, 0.29) is 6.40 Å². The molecular weight excluding hydrogens is 108 g/mol. The van der Waals surface area contributed by atoms with Crippen molar-refractivity contribution in [3.05, 3.63) is 12.2 Å². The van der Waals surface area contributed by atoms with Gasteiger partial charge in [0.15, 0.2) is 0 Å². The molecular formula is C9H12. The van der Waals surface area contributed by atoms with Crippen molar-refractivity contribution in [1.82, 2.24) is 0 Å². The molecule has 3 aliphatic carbocycles. The first-order valence-electron chi connectivity index (χ1n) is 4.54. The molecule has 0 amide bonds. The second-order valence-corrected chi connectivity index (χ2v) is 3.71. The molecule has 2 bridgehead atoms. The molecule has 0 saturated heterocycles. The van der Waals surface area contributed by atoms with Gasteiger partial charge in [-0.2, -0.15) is 0 Å². The van der Waals surface area contributed by atoms with Gasteiger partial charge < -0.3 is 0 Å². The normalized spacial score (nSPS) is 69.3. The molecule has 0 heteroatoms. The fourth-order valence-corrected chi connectivity index (χ4v) is 2.90. The summed E-state index contributed by atoms with van der Waals surface area (Å²) < 4.78 is 7.85. The van der Waals surface area contributed by atoms with Gasteiger partial charge in [0.1, 0.15) is 0 Å². The maximum atomic E-state index is 7.85. The summed E-state index contributed by atoms with van der Waals surface area (Å²) in [4.78, 5) is 0. The van der Waals surface area contributed by atoms with E-state index in [4.69, 9.17) is 1.37 Å². The largest absolute Gasteiger partial charge is 0.0848 e. The summed E-state index contributed by atoms with van der Waals surface area (Å²) in [5.41, 5.74) is 0. The van der Waals surface area contributed by atoms with Crippen molar-refractivity contribution < 1.29 is 1.37 Å². The Hall–Kier alpha value is -0.260. The molecule has 2 fully saturated rings. The molecule has 3 rings (SSSR count). The summed E-state index contributed by atoms with van der Waals surface area (Å²) in [5.74, 6) is 3.20. The molecule has 0 heterocycles. The van der Waals surface area contributed by atoms with Gasteiger partial charge in [0.2, 0.25) is 0 Å². The summed E-state index contributed by atoms with van der Waals surface area (Å²) in [6.07, 6.45) is 7.62. The van der Waals surface area contributed by atoms with Crippen LogP contribution in [0, 0.1) is 23.7 Å². The van der Waals surface area contributed by atoms with E-state index in [1.807, 2.05) is 0 Å². The van der Waals surface area contributed by atoms with Gasteiger partial charge in [-0.05, 0) is 42.9 Å². The van der Waals surface area contributed by atoms with Crippen LogP contribution >= 0.6 is 0 Å². The van der Waals surface area contributed by atoms with E-state index < -0.39 is 0 Å². The number of hydrogen-bond acceptors (Lipinski definition) is 0. The molecule has 0 aromatic rings. The van der Waals surface area contributed by atoms with Gasteiger partial charge in [-0.25, -0.2) is 0 Å².